The summed E-state index contributed by atoms with van der Waals surface area (Å²) in [4.78, 5) is 13.5. The number of carbonyl (C=O) groups excluding carboxylic acids is 1. The van der Waals surface area contributed by atoms with Gasteiger partial charge in [-0.3, -0.25) is 0 Å². The van der Waals surface area contributed by atoms with E-state index in [1.807, 2.05) is 66.7 Å². The van der Waals surface area contributed by atoms with Crippen LogP contribution in [-0.4, -0.2) is 83.0 Å². The van der Waals surface area contributed by atoms with Gasteiger partial charge < -0.3 is 39.4 Å². The lowest BCUT2D eigenvalue weighted by Gasteiger charge is -2.49. The van der Waals surface area contributed by atoms with Crippen molar-refractivity contribution in [3.8, 4) is 0 Å². The number of esters is 1. The van der Waals surface area contributed by atoms with Gasteiger partial charge in [0.1, 0.15) is 12.2 Å². The average Bonchev–Trinajstić information content (AvgIpc) is 2.96. The van der Waals surface area contributed by atoms with E-state index in [2.05, 4.69) is 0 Å². The molecule has 252 valence electrons. The molecule has 1 saturated heterocycles. The van der Waals surface area contributed by atoms with Crippen LogP contribution in [0.2, 0.25) is 0 Å². The van der Waals surface area contributed by atoms with Crippen molar-refractivity contribution in [2.75, 3.05) is 14.2 Å². The predicted octanol–water partition coefficient (Wildman–Crippen LogP) is 4.69. The van der Waals surface area contributed by atoms with Crippen molar-refractivity contribution in [2.45, 2.75) is 118 Å². The van der Waals surface area contributed by atoms with Crippen LogP contribution in [0.15, 0.2) is 47.3 Å². The first-order chi connectivity index (χ1) is 20.5. The summed E-state index contributed by atoms with van der Waals surface area (Å²) in [5.41, 5.74) is 1.78. The second-order valence-electron chi connectivity index (χ2n) is 13.6. The molecule has 0 unspecified atom stereocenters. The molecular formula is C35H58O9. The monoisotopic (exact) mass is 622 g/mol. The third kappa shape index (κ3) is 9.50. The van der Waals surface area contributed by atoms with Crippen LogP contribution >= 0.6 is 0 Å². The predicted molar refractivity (Wildman–Crippen MR) is 170 cm³/mol. The first-order valence-corrected chi connectivity index (χ1v) is 15.9. The second kappa shape index (κ2) is 16.5. The van der Waals surface area contributed by atoms with Crippen LogP contribution in [0.5, 0.6) is 0 Å². The first kappa shape index (κ1) is 38.2. The Bertz CT molecular complexity index is 1060. The zero-order valence-electron chi connectivity index (χ0n) is 28.6. The summed E-state index contributed by atoms with van der Waals surface area (Å²) in [5, 5.41) is 45.0. The van der Waals surface area contributed by atoms with Crippen molar-refractivity contribution >= 4 is 5.97 Å². The van der Waals surface area contributed by atoms with Crippen LogP contribution in [0.4, 0.5) is 0 Å². The van der Waals surface area contributed by atoms with Crippen LogP contribution in [0.1, 0.15) is 75.2 Å². The van der Waals surface area contributed by atoms with E-state index in [4.69, 9.17) is 18.9 Å². The van der Waals surface area contributed by atoms with E-state index in [0.29, 0.717) is 6.42 Å². The molecule has 2 rings (SSSR count). The van der Waals surface area contributed by atoms with Crippen molar-refractivity contribution in [3.63, 3.8) is 0 Å². The summed E-state index contributed by atoms with van der Waals surface area (Å²) >= 11 is 0. The Morgan fingerprint density at radius 1 is 1.05 bits per heavy atom. The second-order valence-corrected chi connectivity index (χ2v) is 13.6. The molecule has 0 aliphatic carbocycles. The van der Waals surface area contributed by atoms with E-state index < -0.39 is 60.2 Å². The number of hydrogen-bond acceptors (Lipinski definition) is 9. The molecule has 12 atom stereocenters. The lowest BCUT2D eigenvalue weighted by Crippen LogP contribution is -2.59. The van der Waals surface area contributed by atoms with Crippen LogP contribution in [0.3, 0.4) is 0 Å². The number of aliphatic hydroxyl groups excluding tert-OH is 3. The van der Waals surface area contributed by atoms with Crippen LogP contribution in [0, 0.1) is 35.5 Å². The lowest BCUT2D eigenvalue weighted by molar-refractivity contribution is -0.328. The normalized spacial score (nSPS) is 41.2. The van der Waals surface area contributed by atoms with Gasteiger partial charge in [0.05, 0.1) is 31.5 Å². The molecule has 44 heavy (non-hydrogen) atoms. The molecule has 0 aromatic carbocycles. The van der Waals surface area contributed by atoms with Crippen molar-refractivity contribution in [3.05, 3.63) is 47.3 Å². The minimum Gasteiger partial charge on any atom is -0.490 e. The number of methoxy groups -OCH3 is 2. The molecule has 0 bridgehead atoms. The maximum atomic E-state index is 13.5. The number of cyclic esters (lactones) is 1. The van der Waals surface area contributed by atoms with Crippen LogP contribution in [-0.2, 0) is 23.7 Å². The van der Waals surface area contributed by atoms with Gasteiger partial charge in [0.15, 0.2) is 5.79 Å². The number of aliphatic hydroxyl groups is 4. The Morgan fingerprint density at radius 2 is 1.68 bits per heavy atom. The summed E-state index contributed by atoms with van der Waals surface area (Å²) in [6.07, 6.45) is 4.85. The Morgan fingerprint density at radius 3 is 2.25 bits per heavy atom. The van der Waals surface area contributed by atoms with E-state index in [9.17, 15) is 25.2 Å². The van der Waals surface area contributed by atoms with Gasteiger partial charge in [0, 0.05) is 37.2 Å². The fraction of sp³-hybridized carbons (Fsp3) is 0.743. The van der Waals surface area contributed by atoms with Gasteiger partial charge in [-0.1, -0.05) is 83.9 Å². The van der Waals surface area contributed by atoms with E-state index in [1.165, 1.54) is 14.2 Å². The van der Waals surface area contributed by atoms with E-state index in [0.717, 1.165) is 11.1 Å². The van der Waals surface area contributed by atoms with Gasteiger partial charge in [-0.05, 0) is 38.2 Å². The van der Waals surface area contributed by atoms with Gasteiger partial charge in [-0.2, -0.15) is 0 Å². The number of hydrogen-bond donors (Lipinski definition) is 4. The first-order valence-electron chi connectivity index (χ1n) is 15.9. The zero-order chi connectivity index (χ0) is 33.5. The van der Waals surface area contributed by atoms with Crippen molar-refractivity contribution in [2.24, 2.45) is 35.5 Å². The van der Waals surface area contributed by atoms with Crippen LogP contribution < -0.4 is 0 Å². The highest BCUT2D eigenvalue weighted by molar-refractivity contribution is 5.87. The standard InChI is InChI=1S/C35H58O9/c1-19(2)32-24(7)27(36)18-35(40,44-32)26(9)31(38)25(8)33-28(41-10)14-12-13-20(3)15-22(5)30(37)23(6)16-21(4)17-29(42-11)34(39)43-33/h12-14,16-17,19,22-28,30-33,36-38,40H,15,18H2,1-11H3/b14-12-,20-13-,21-16-,29-17+/t22-,23+,24-,25-,26-,27+,28-,30-,31+,32+,33+,35+/m0/s1. The number of carbonyl (C=O) groups is 1. The maximum absolute atomic E-state index is 13.5. The van der Waals surface area contributed by atoms with Crippen molar-refractivity contribution < 1.29 is 44.2 Å². The zero-order valence-corrected chi connectivity index (χ0v) is 28.6. The Balaban J connectivity index is 2.52. The highest BCUT2D eigenvalue weighted by atomic mass is 16.6. The van der Waals surface area contributed by atoms with Gasteiger partial charge >= 0.3 is 5.97 Å². The molecule has 2 heterocycles. The van der Waals surface area contributed by atoms with Gasteiger partial charge in [-0.25, -0.2) is 4.79 Å². The van der Waals surface area contributed by atoms with Crippen LogP contribution in [0.25, 0.3) is 0 Å². The van der Waals surface area contributed by atoms with E-state index in [-0.39, 0.29) is 35.9 Å². The maximum Gasteiger partial charge on any atom is 0.373 e. The SMILES string of the molecule is CO/C1=C/C(C)=C\[C@@H](C)[C@@H](O)[C@@H](C)C/C(C)=C\C=C/[C@H](OC)[C@@H]([C@@H](C)[C@@H](O)[C@H](C)[C@@]2(O)C[C@@H](O)[C@H](C)[C@@H](C(C)C)O2)OC1=O. The smallest absolute Gasteiger partial charge is 0.373 e. The third-order valence-corrected chi connectivity index (χ3v) is 9.50. The summed E-state index contributed by atoms with van der Waals surface area (Å²) in [5.74, 6) is -4.49. The minimum absolute atomic E-state index is 0.00492. The quantitative estimate of drug-likeness (QED) is 0.298. The molecule has 9 nitrogen and oxygen atoms in total. The van der Waals surface area contributed by atoms with Crippen molar-refractivity contribution in [1.82, 2.24) is 0 Å². The molecule has 0 spiro atoms. The Labute approximate surface area is 264 Å². The highest BCUT2D eigenvalue weighted by Crippen LogP contribution is 2.41. The van der Waals surface area contributed by atoms with E-state index in [1.54, 1.807) is 26.0 Å². The third-order valence-electron chi connectivity index (χ3n) is 9.50. The molecular weight excluding hydrogens is 564 g/mol. The molecule has 0 aromatic rings. The summed E-state index contributed by atoms with van der Waals surface area (Å²) < 4.78 is 23.4. The molecule has 4 N–H and O–H groups in total. The Hall–Kier alpha value is -2.01. The average molecular weight is 623 g/mol. The fourth-order valence-corrected chi connectivity index (χ4v) is 6.54. The largest absolute Gasteiger partial charge is 0.490 e. The molecule has 1 fully saturated rings. The summed E-state index contributed by atoms with van der Waals surface area (Å²) in [6.45, 7) is 17.0. The molecule has 9 heteroatoms. The molecule has 0 aromatic heterocycles. The molecule has 0 saturated carbocycles. The molecule has 2 aliphatic rings. The summed E-state index contributed by atoms with van der Waals surface area (Å²) in [7, 11) is 2.87. The Kier molecular flexibility index (Phi) is 14.3. The number of allylic oxidation sites excluding steroid dienone is 5. The van der Waals surface area contributed by atoms with Crippen molar-refractivity contribution in [1.29, 1.82) is 0 Å². The van der Waals surface area contributed by atoms with Gasteiger partial charge in [0.25, 0.3) is 0 Å². The molecule has 0 radical (unpaired) electrons. The highest BCUT2D eigenvalue weighted by Gasteiger charge is 2.51. The molecule has 2 aliphatic heterocycles. The number of ether oxygens (including phenoxy) is 4. The van der Waals surface area contributed by atoms with Gasteiger partial charge in [0.2, 0.25) is 5.76 Å². The van der Waals surface area contributed by atoms with Gasteiger partial charge in [-0.15, -0.1) is 0 Å². The lowest BCUT2D eigenvalue weighted by atomic mass is 9.76. The summed E-state index contributed by atoms with van der Waals surface area (Å²) in [6, 6.07) is 0. The molecule has 0 amide bonds. The fourth-order valence-electron chi connectivity index (χ4n) is 6.54. The minimum atomic E-state index is -1.80. The number of rotatable bonds is 7. The topological polar surface area (TPSA) is 135 Å². The van der Waals surface area contributed by atoms with E-state index >= 15 is 0 Å².